The van der Waals surface area contributed by atoms with Gasteiger partial charge in [0.2, 0.25) is 15.9 Å². The van der Waals surface area contributed by atoms with Crippen molar-refractivity contribution in [1.82, 2.24) is 0 Å². The fraction of sp³-hybridized carbons (Fsp3) is 0.125. The topological polar surface area (TPSA) is 90.3 Å². The minimum Gasteiger partial charge on any atom is -0.324 e. The van der Waals surface area contributed by atoms with Crippen LogP contribution in [0.3, 0.4) is 0 Å². The van der Waals surface area contributed by atoms with Crippen molar-refractivity contribution in [2.45, 2.75) is 0 Å². The zero-order chi connectivity index (χ0) is 18.6. The summed E-state index contributed by atoms with van der Waals surface area (Å²) < 4.78 is 25.0. The molecule has 0 bridgehead atoms. The normalized spacial score (nSPS) is 10.8. The van der Waals surface area contributed by atoms with Crippen LogP contribution in [0.1, 0.15) is 5.56 Å². The number of hydrogen-bond acceptors (Lipinski definition) is 4. The first-order valence-corrected chi connectivity index (χ1v) is 9.53. The van der Waals surface area contributed by atoms with Gasteiger partial charge in [0, 0.05) is 15.7 Å². The molecular formula is C16H13Cl2N3O3S. The van der Waals surface area contributed by atoms with E-state index >= 15 is 0 Å². The molecule has 2 aromatic carbocycles. The summed E-state index contributed by atoms with van der Waals surface area (Å²) >= 11 is 11.7. The third kappa shape index (κ3) is 5.36. The zero-order valence-electron chi connectivity index (χ0n) is 13.0. The van der Waals surface area contributed by atoms with E-state index in [4.69, 9.17) is 28.5 Å². The molecule has 2 rings (SSSR count). The quantitative estimate of drug-likeness (QED) is 0.837. The molecule has 0 saturated heterocycles. The molecule has 0 spiro atoms. The molecule has 0 unspecified atom stereocenters. The van der Waals surface area contributed by atoms with E-state index in [9.17, 15) is 13.2 Å². The van der Waals surface area contributed by atoms with Crippen molar-refractivity contribution in [2.24, 2.45) is 0 Å². The van der Waals surface area contributed by atoms with E-state index in [2.05, 4.69) is 5.32 Å². The third-order valence-electron chi connectivity index (χ3n) is 3.12. The van der Waals surface area contributed by atoms with Gasteiger partial charge >= 0.3 is 0 Å². The van der Waals surface area contributed by atoms with Crippen molar-refractivity contribution in [2.75, 3.05) is 22.4 Å². The van der Waals surface area contributed by atoms with E-state index in [1.807, 2.05) is 6.07 Å². The fourth-order valence-corrected chi connectivity index (χ4v) is 3.44. The van der Waals surface area contributed by atoms with Gasteiger partial charge < -0.3 is 5.32 Å². The SMILES string of the molecule is CS(=O)(=O)N(CC(=O)Nc1cc(Cl)cc(Cl)c1)c1ccc(C#N)cc1. The van der Waals surface area contributed by atoms with Crippen LogP contribution in [0.2, 0.25) is 10.0 Å². The van der Waals surface area contributed by atoms with Crippen LogP contribution in [0.15, 0.2) is 42.5 Å². The molecule has 0 aliphatic rings. The predicted molar refractivity (Wildman–Crippen MR) is 98.4 cm³/mol. The Balaban J connectivity index is 2.22. The van der Waals surface area contributed by atoms with Crippen molar-refractivity contribution < 1.29 is 13.2 Å². The van der Waals surface area contributed by atoms with Gasteiger partial charge in [0.1, 0.15) is 6.54 Å². The van der Waals surface area contributed by atoms with Crippen LogP contribution < -0.4 is 9.62 Å². The van der Waals surface area contributed by atoms with Crippen molar-refractivity contribution in [3.05, 3.63) is 58.1 Å². The molecule has 0 atom stereocenters. The number of nitriles is 1. The molecule has 130 valence electrons. The molecule has 0 heterocycles. The summed E-state index contributed by atoms with van der Waals surface area (Å²) in [5, 5.41) is 12.1. The van der Waals surface area contributed by atoms with Crippen LogP contribution in [0.4, 0.5) is 11.4 Å². The lowest BCUT2D eigenvalue weighted by molar-refractivity contribution is -0.114. The minimum absolute atomic E-state index is 0.278. The predicted octanol–water partition coefficient (Wildman–Crippen LogP) is 3.27. The summed E-state index contributed by atoms with van der Waals surface area (Å²) in [6.07, 6.45) is 0.995. The van der Waals surface area contributed by atoms with Crippen molar-refractivity contribution in [1.29, 1.82) is 5.26 Å². The molecule has 0 aliphatic heterocycles. The maximum absolute atomic E-state index is 12.2. The molecule has 0 saturated carbocycles. The van der Waals surface area contributed by atoms with Crippen LogP contribution in [0.5, 0.6) is 0 Å². The van der Waals surface area contributed by atoms with Crippen LogP contribution in [-0.4, -0.2) is 27.1 Å². The minimum atomic E-state index is -3.70. The molecule has 0 fully saturated rings. The standard InChI is InChI=1S/C16H13Cl2N3O3S/c1-25(23,24)21(15-4-2-11(9-19)3-5-15)10-16(22)20-14-7-12(17)6-13(18)8-14/h2-8H,10H2,1H3,(H,20,22). The fourth-order valence-electron chi connectivity index (χ4n) is 2.06. The van der Waals surface area contributed by atoms with Gasteiger partial charge in [-0.15, -0.1) is 0 Å². The molecule has 1 amide bonds. The number of sulfonamides is 1. The van der Waals surface area contributed by atoms with E-state index in [0.29, 0.717) is 21.3 Å². The van der Waals surface area contributed by atoms with Crippen molar-refractivity contribution >= 4 is 50.5 Å². The molecule has 0 aliphatic carbocycles. The molecule has 1 N–H and O–H groups in total. The lowest BCUT2D eigenvalue weighted by atomic mass is 10.2. The number of rotatable bonds is 5. The number of carbonyl (C=O) groups is 1. The number of nitrogens with one attached hydrogen (secondary N) is 1. The highest BCUT2D eigenvalue weighted by atomic mass is 35.5. The second-order valence-electron chi connectivity index (χ2n) is 5.13. The summed E-state index contributed by atoms with van der Waals surface area (Å²) in [6.45, 7) is -0.436. The van der Waals surface area contributed by atoms with Crippen LogP contribution in [0.25, 0.3) is 0 Å². The molecule has 0 radical (unpaired) electrons. The molecule has 0 aromatic heterocycles. The Hall–Kier alpha value is -2.27. The maximum atomic E-state index is 12.2. The number of nitrogens with zero attached hydrogens (tertiary/aromatic N) is 2. The lowest BCUT2D eigenvalue weighted by Gasteiger charge is -2.22. The monoisotopic (exact) mass is 397 g/mol. The van der Waals surface area contributed by atoms with Gasteiger partial charge in [-0.2, -0.15) is 5.26 Å². The lowest BCUT2D eigenvalue weighted by Crippen LogP contribution is -2.37. The molecule has 6 nitrogen and oxygen atoms in total. The van der Waals surface area contributed by atoms with Gasteiger partial charge in [-0.25, -0.2) is 8.42 Å². The second kappa shape index (κ2) is 7.74. The van der Waals surface area contributed by atoms with E-state index in [-0.39, 0.29) is 5.69 Å². The van der Waals surface area contributed by atoms with Crippen molar-refractivity contribution in [3.63, 3.8) is 0 Å². The summed E-state index contributed by atoms with van der Waals surface area (Å²) in [4.78, 5) is 12.2. The van der Waals surface area contributed by atoms with Gasteiger partial charge in [0.25, 0.3) is 0 Å². The number of amides is 1. The maximum Gasteiger partial charge on any atom is 0.245 e. The Morgan fingerprint density at radius 2 is 1.72 bits per heavy atom. The Kier molecular flexibility index (Phi) is 5.90. The molecule has 9 heteroatoms. The molecular weight excluding hydrogens is 385 g/mol. The first-order chi connectivity index (χ1) is 11.7. The van der Waals surface area contributed by atoms with Crippen molar-refractivity contribution in [3.8, 4) is 6.07 Å². The summed E-state index contributed by atoms with van der Waals surface area (Å²) in [5.41, 5.74) is 1.02. The van der Waals surface area contributed by atoms with Gasteiger partial charge in [0.05, 0.1) is 23.6 Å². The van der Waals surface area contributed by atoms with E-state index < -0.39 is 22.5 Å². The van der Waals surface area contributed by atoms with Crippen LogP contribution >= 0.6 is 23.2 Å². The average molecular weight is 398 g/mol. The van der Waals surface area contributed by atoms with Gasteiger partial charge in [-0.05, 0) is 42.5 Å². The number of carbonyl (C=O) groups excluding carboxylic acids is 1. The molecule has 2 aromatic rings. The number of anilines is 2. The van der Waals surface area contributed by atoms with E-state index in [1.165, 1.54) is 42.5 Å². The number of halogens is 2. The van der Waals surface area contributed by atoms with Crippen LogP contribution in [-0.2, 0) is 14.8 Å². The van der Waals surface area contributed by atoms with E-state index in [0.717, 1.165) is 10.6 Å². The van der Waals surface area contributed by atoms with Crippen LogP contribution in [0, 0.1) is 11.3 Å². The third-order valence-corrected chi connectivity index (χ3v) is 4.70. The zero-order valence-corrected chi connectivity index (χ0v) is 15.4. The first kappa shape index (κ1) is 19.1. The van der Waals surface area contributed by atoms with Gasteiger partial charge in [-0.3, -0.25) is 9.10 Å². The highest BCUT2D eigenvalue weighted by molar-refractivity contribution is 7.92. The van der Waals surface area contributed by atoms with Gasteiger partial charge in [-0.1, -0.05) is 23.2 Å². The van der Waals surface area contributed by atoms with Gasteiger partial charge in [0.15, 0.2) is 0 Å². The first-order valence-electron chi connectivity index (χ1n) is 6.93. The van der Waals surface area contributed by atoms with E-state index in [1.54, 1.807) is 0 Å². The smallest absolute Gasteiger partial charge is 0.245 e. The summed E-state index contributed by atoms with van der Waals surface area (Å²) in [6, 6.07) is 12.3. The number of benzene rings is 2. The Bertz CT molecular complexity index is 918. The Morgan fingerprint density at radius 1 is 1.16 bits per heavy atom. The largest absolute Gasteiger partial charge is 0.324 e. The highest BCUT2D eigenvalue weighted by Crippen LogP contribution is 2.23. The summed E-state index contributed by atoms with van der Waals surface area (Å²) in [5.74, 6) is -0.562. The molecule has 25 heavy (non-hydrogen) atoms. The highest BCUT2D eigenvalue weighted by Gasteiger charge is 2.21. The summed E-state index contributed by atoms with van der Waals surface area (Å²) in [7, 11) is -3.70. The second-order valence-corrected chi connectivity index (χ2v) is 7.91. The number of hydrogen-bond donors (Lipinski definition) is 1. The Labute approximate surface area is 155 Å². The average Bonchev–Trinajstić information content (AvgIpc) is 2.50. The Morgan fingerprint density at radius 3 is 2.20 bits per heavy atom.